The molecule has 1 N–H and O–H groups in total. The first-order valence-electron chi connectivity index (χ1n) is 7.89. The van der Waals surface area contributed by atoms with Crippen molar-refractivity contribution in [3.8, 4) is 0 Å². The Bertz CT molecular complexity index is 717. The van der Waals surface area contributed by atoms with Crippen LogP contribution in [-0.4, -0.2) is 41.1 Å². The predicted molar refractivity (Wildman–Crippen MR) is 104 cm³/mol. The Hall–Kier alpha value is -1.50. The molecule has 0 amide bonds. The number of halogens is 2. The Labute approximate surface area is 155 Å². The zero-order valence-electron chi connectivity index (χ0n) is 13.2. The normalized spacial score (nSPS) is 15.3. The summed E-state index contributed by atoms with van der Waals surface area (Å²) < 4.78 is 14.8. The second-order valence-corrected chi connectivity index (χ2v) is 7.10. The van der Waals surface area contributed by atoms with Crippen LogP contribution in [0, 0.1) is 5.82 Å². The Kier molecular flexibility index (Phi) is 5.81. The third-order valence-electron chi connectivity index (χ3n) is 4.09. The Balaban J connectivity index is 1.51. The van der Waals surface area contributed by atoms with Gasteiger partial charge in [0.2, 0.25) is 0 Å². The van der Waals surface area contributed by atoms with Crippen LogP contribution >= 0.6 is 28.1 Å². The van der Waals surface area contributed by atoms with Gasteiger partial charge in [-0.25, -0.2) is 4.39 Å². The first-order valence-corrected chi connectivity index (χ1v) is 9.09. The van der Waals surface area contributed by atoms with Crippen molar-refractivity contribution in [1.29, 1.82) is 0 Å². The summed E-state index contributed by atoms with van der Waals surface area (Å²) >= 11 is 8.97. The molecular weight excluding hydrogens is 389 g/mol. The average molecular weight is 408 g/mol. The van der Waals surface area contributed by atoms with Crippen molar-refractivity contribution in [3.05, 3.63) is 64.4 Å². The number of piperazine rings is 1. The highest BCUT2D eigenvalue weighted by Gasteiger charge is 2.19. The summed E-state index contributed by atoms with van der Waals surface area (Å²) in [5, 5.41) is 4.01. The van der Waals surface area contributed by atoms with Gasteiger partial charge in [-0.2, -0.15) is 0 Å². The lowest BCUT2D eigenvalue weighted by Crippen LogP contribution is -2.49. The van der Waals surface area contributed by atoms with Crippen molar-refractivity contribution in [2.24, 2.45) is 0 Å². The molecule has 0 aromatic heterocycles. The molecule has 3 nitrogen and oxygen atoms in total. The van der Waals surface area contributed by atoms with E-state index < -0.39 is 0 Å². The molecule has 0 atom stereocenters. The summed E-state index contributed by atoms with van der Waals surface area (Å²) in [7, 11) is 0. The molecule has 2 aromatic carbocycles. The first-order chi connectivity index (χ1) is 11.6. The topological polar surface area (TPSA) is 18.5 Å². The maximum Gasteiger partial charge on any atom is 0.173 e. The minimum absolute atomic E-state index is 0.133. The van der Waals surface area contributed by atoms with Crippen molar-refractivity contribution in [3.63, 3.8) is 0 Å². The maximum atomic E-state index is 13.8. The van der Waals surface area contributed by atoms with E-state index in [1.165, 1.54) is 6.07 Å². The number of hydrogen-bond donors (Lipinski definition) is 1. The fourth-order valence-electron chi connectivity index (χ4n) is 2.75. The van der Waals surface area contributed by atoms with E-state index in [1.807, 2.05) is 36.4 Å². The standard InChI is InChI=1S/C18H19BrFN3S/c19-15-5-3-6-16(12-15)21-18(24)23-10-8-22(9-11-23)13-14-4-1-2-7-17(14)20/h1-7,12H,8-11,13H2,(H,21,24). The summed E-state index contributed by atoms with van der Waals surface area (Å²) in [5.41, 5.74) is 1.73. The predicted octanol–water partition coefficient (Wildman–Crippen LogP) is 4.10. The van der Waals surface area contributed by atoms with Gasteiger partial charge in [-0.1, -0.05) is 40.2 Å². The van der Waals surface area contributed by atoms with Crippen LogP contribution in [0.1, 0.15) is 5.56 Å². The maximum absolute atomic E-state index is 13.8. The highest BCUT2D eigenvalue weighted by molar-refractivity contribution is 9.10. The zero-order chi connectivity index (χ0) is 16.9. The summed E-state index contributed by atoms with van der Waals surface area (Å²) in [4.78, 5) is 4.42. The van der Waals surface area contributed by atoms with Gasteiger partial charge in [-0.3, -0.25) is 4.90 Å². The van der Waals surface area contributed by atoms with E-state index >= 15 is 0 Å². The minimum Gasteiger partial charge on any atom is -0.346 e. The molecule has 0 bridgehead atoms. The van der Waals surface area contributed by atoms with E-state index in [4.69, 9.17) is 12.2 Å². The van der Waals surface area contributed by atoms with Crippen molar-refractivity contribution >= 4 is 38.9 Å². The van der Waals surface area contributed by atoms with E-state index in [0.717, 1.165) is 47.0 Å². The van der Waals surface area contributed by atoms with E-state index in [1.54, 1.807) is 6.07 Å². The lowest BCUT2D eigenvalue weighted by molar-refractivity contribution is 0.175. The molecule has 0 spiro atoms. The third kappa shape index (κ3) is 4.53. The number of hydrogen-bond acceptors (Lipinski definition) is 2. The monoisotopic (exact) mass is 407 g/mol. The van der Waals surface area contributed by atoms with Crippen LogP contribution in [0.3, 0.4) is 0 Å². The fraction of sp³-hybridized carbons (Fsp3) is 0.278. The molecule has 1 saturated heterocycles. The van der Waals surface area contributed by atoms with Gasteiger partial charge < -0.3 is 10.2 Å². The number of benzene rings is 2. The van der Waals surface area contributed by atoms with Crippen molar-refractivity contribution in [2.75, 3.05) is 31.5 Å². The molecule has 0 aliphatic carbocycles. The molecule has 1 heterocycles. The van der Waals surface area contributed by atoms with Gasteiger partial charge in [0.25, 0.3) is 0 Å². The summed E-state index contributed by atoms with van der Waals surface area (Å²) in [6, 6.07) is 14.9. The molecule has 126 valence electrons. The highest BCUT2D eigenvalue weighted by Crippen LogP contribution is 2.17. The smallest absolute Gasteiger partial charge is 0.173 e. The largest absolute Gasteiger partial charge is 0.346 e. The summed E-state index contributed by atoms with van der Waals surface area (Å²) in [5.74, 6) is -0.133. The molecule has 6 heteroatoms. The third-order valence-corrected chi connectivity index (χ3v) is 4.94. The van der Waals surface area contributed by atoms with Gasteiger partial charge in [0.15, 0.2) is 5.11 Å². The van der Waals surface area contributed by atoms with Crippen LogP contribution in [0.4, 0.5) is 10.1 Å². The lowest BCUT2D eigenvalue weighted by atomic mass is 10.2. The molecule has 0 unspecified atom stereocenters. The van der Waals surface area contributed by atoms with Crippen molar-refractivity contribution in [1.82, 2.24) is 9.80 Å². The van der Waals surface area contributed by atoms with Gasteiger partial charge in [-0.05, 0) is 36.5 Å². The van der Waals surface area contributed by atoms with Crippen molar-refractivity contribution in [2.45, 2.75) is 6.54 Å². The van der Waals surface area contributed by atoms with Gasteiger partial charge in [0.1, 0.15) is 5.82 Å². The van der Waals surface area contributed by atoms with E-state index in [-0.39, 0.29) is 5.82 Å². The minimum atomic E-state index is -0.133. The van der Waals surface area contributed by atoms with Gasteiger partial charge in [0, 0.05) is 48.4 Å². The molecule has 0 saturated carbocycles. The number of rotatable bonds is 3. The lowest BCUT2D eigenvalue weighted by Gasteiger charge is -2.36. The summed E-state index contributed by atoms with van der Waals surface area (Å²) in [6.45, 7) is 4.07. The highest BCUT2D eigenvalue weighted by atomic mass is 79.9. The van der Waals surface area contributed by atoms with Crippen LogP contribution in [0.25, 0.3) is 0 Å². The second kappa shape index (κ2) is 8.05. The molecule has 0 radical (unpaired) electrons. The van der Waals surface area contributed by atoms with Gasteiger partial charge >= 0.3 is 0 Å². The number of nitrogens with one attached hydrogen (secondary N) is 1. The van der Waals surface area contributed by atoms with Crippen LogP contribution in [0.5, 0.6) is 0 Å². The molecule has 1 aliphatic heterocycles. The molecule has 3 rings (SSSR count). The molecular formula is C18H19BrFN3S. The Morgan fingerprint density at radius 3 is 2.54 bits per heavy atom. The van der Waals surface area contributed by atoms with E-state index in [0.29, 0.717) is 6.54 Å². The number of nitrogens with zero attached hydrogens (tertiary/aromatic N) is 2. The SMILES string of the molecule is Fc1ccccc1CN1CCN(C(=S)Nc2cccc(Br)c2)CC1. The van der Waals surface area contributed by atoms with Gasteiger partial charge in [-0.15, -0.1) is 0 Å². The Morgan fingerprint density at radius 2 is 1.83 bits per heavy atom. The molecule has 1 aliphatic rings. The van der Waals surface area contributed by atoms with Crippen LogP contribution in [-0.2, 0) is 6.54 Å². The fourth-order valence-corrected chi connectivity index (χ4v) is 3.45. The molecule has 2 aromatic rings. The van der Waals surface area contributed by atoms with E-state index in [9.17, 15) is 4.39 Å². The van der Waals surface area contributed by atoms with Crippen LogP contribution in [0.2, 0.25) is 0 Å². The van der Waals surface area contributed by atoms with Crippen molar-refractivity contribution < 1.29 is 4.39 Å². The zero-order valence-corrected chi connectivity index (χ0v) is 15.6. The van der Waals surface area contributed by atoms with Crippen LogP contribution in [0.15, 0.2) is 53.0 Å². The van der Waals surface area contributed by atoms with E-state index in [2.05, 4.69) is 31.0 Å². The quantitative estimate of drug-likeness (QED) is 0.771. The molecule has 1 fully saturated rings. The Morgan fingerprint density at radius 1 is 1.08 bits per heavy atom. The summed E-state index contributed by atoms with van der Waals surface area (Å²) in [6.07, 6.45) is 0. The first kappa shape index (κ1) is 17.3. The second-order valence-electron chi connectivity index (χ2n) is 5.80. The number of anilines is 1. The number of thiocarbonyl (C=S) groups is 1. The van der Waals surface area contributed by atoms with Crippen LogP contribution < -0.4 is 5.32 Å². The van der Waals surface area contributed by atoms with Gasteiger partial charge in [0.05, 0.1) is 0 Å². The molecule has 24 heavy (non-hydrogen) atoms. The average Bonchev–Trinajstić information content (AvgIpc) is 2.57.